The summed E-state index contributed by atoms with van der Waals surface area (Å²) < 4.78 is 0. The van der Waals surface area contributed by atoms with E-state index in [9.17, 15) is 29.1 Å². The SMILES string of the molecule is CSCCC(NC(=O)C(N)Cc1c[nH]c2ccccc12)C(=O)NC(CCCN=C(N)N)C(=O)NC(CCC(=O)O)C(=O)O. The first-order valence-corrected chi connectivity index (χ1v) is 15.0. The van der Waals surface area contributed by atoms with E-state index in [0.29, 0.717) is 5.75 Å². The van der Waals surface area contributed by atoms with Crippen LogP contribution in [0.15, 0.2) is 35.5 Å². The standard InChI is InChI=1S/C27H40N8O7S/c1-43-12-10-20(33-23(38)17(28)13-15-14-32-18-6-3-2-5-16(15)18)25(40)34-19(7-4-11-31-27(29)30)24(39)35-21(26(41)42)8-9-22(36)37/h2-3,5-6,14,17,19-21,32H,4,7-13,28H2,1H3,(H,33,38)(H,34,40)(H,35,39)(H,36,37)(H,41,42)(H4,29,30,31). The monoisotopic (exact) mass is 620 g/mol. The van der Waals surface area contributed by atoms with Crippen molar-refractivity contribution in [3.05, 3.63) is 36.0 Å². The molecule has 0 radical (unpaired) electrons. The van der Waals surface area contributed by atoms with Crippen LogP contribution in [0.25, 0.3) is 10.9 Å². The molecule has 236 valence electrons. The normalized spacial score (nSPS) is 13.7. The Bertz CT molecular complexity index is 1300. The second kappa shape index (κ2) is 17.6. The van der Waals surface area contributed by atoms with E-state index in [1.54, 1.807) is 6.20 Å². The lowest BCUT2D eigenvalue weighted by molar-refractivity contribution is -0.143. The van der Waals surface area contributed by atoms with E-state index < -0.39 is 60.2 Å². The zero-order valence-corrected chi connectivity index (χ0v) is 24.7. The summed E-state index contributed by atoms with van der Waals surface area (Å²) >= 11 is 1.45. The van der Waals surface area contributed by atoms with Crippen LogP contribution in [0.5, 0.6) is 0 Å². The molecule has 1 heterocycles. The summed E-state index contributed by atoms with van der Waals surface area (Å²) in [7, 11) is 0. The molecular formula is C27H40N8O7S. The third-order valence-electron chi connectivity index (χ3n) is 6.53. The van der Waals surface area contributed by atoms with Crippen LogP contribution in [-0.2, 0) is 30.4 Å². The lowest BCUT2D eigenvalue weighted by Crippen LogP contribution is -2.57. The van der Waals surface area contributed by atoms with Crippen molar-refractivity contribution in [2.75, 3.05) is 18.6 Å². The summed E-state index contributed by atoms with van der Waals surface area (Å²) in [5.74, 6) is -4.35. The van der Waals surface area contributed by atoms with Crippen molar-refractivity contribution in [2.24, 2.45) is 22.2 Å². The largest absolute Gasteiger partial charge is 0.481 e. The fraction of sp³-hybridized carbons (Fsp3) is 0.481. The molecule has 0 aliphatic carbocycles. The van der Waals surface area contributed by atoms with Crippen LogP contribution in [-0.4, -0.2) is 93.5 Å². The Morgan fingerprint density at radius 3 is 2.19 bits per heavy atom. The highest BCUT2D eigenvalue weighted by Crippen LogP contribution is 2.19. The molecule has 0 aliphatic heterocycles. The summed E-state index contributed by atoms with van der Waals surface area (Å²) in [6, 6.07) is 2.87. The number of hydrogen-bond donors (Lipinski definition) is 9. The molecule has 15 nitrogen and oxygen atoms in total. The number of rotatable bonds is 19. The van der Waals surface area contributed by atoms with Gasteiger partial charge < -0.3 is 48.3 Å². The van der Waals surface area contributed by atoms with E-state index in [-0.39, 0.29) is 44.6 Å². The maximum atomic E-state index is 13.4. The van der Waals surface area contributed by atoms with E-state index in [1.807, 2.05) is 30.5 Å². The average molecular weight is 621 g/mol. The Morgan fingerprint density at radius 1 is 0.930 bits per heavy atom. The number of amides is 3. The van der Waals surface area contributed by atoms with Crippen molar-refractivity contribution in [3.8, 4) is 0 Å². The predicted octanol–water partition coefficient (Wildman–Crippen LogP) is -0.752. The van der Waals surface area contributed by atoms with Gasteiger partial charge in [0.25, 0.3) is 0 Å². The van der Waals surface area contributed by atoms with Crippen LogP contribution in [0.1, 0.15) is 37.7 Å². The third-order valence-corrected chi connectivity index (χ3v) is 7.18. The van der Waals surface area contributed by atoms with Gasteiger partial charge in [0.1, 0.15) is 18.1 Å². The molecule has 16 heteroatoms. The second-order valence-electron chi connectivity index (χ2n) is 9.85. The molecule has 1 aromatic carbocycles. The number of carbonyl (C=O) groups is 5. The van der Waals surface area contributed by atoms with Gasteiger partial charge in [0.2, 0.25) is 17.7 Å². The van der Waals surface area contributed by atoms with Crippen molar-refractivity contribution in [1.29, 1.82) is 0 Å². The van der Waals surface area contributed by atoms with E-state index >= 15 is 0 Å². The van der Waals surface area contributed by atoms with Gasteiger partial charge in [-0.05, 0) is 55.7 Å². The Balaban J connectivity index is 2.15. The minimum Gasteiger partial charge on any atom is -0.481 e. The molecule has 2 aromatic rings. The summed E-state index contributed by atoms with van der Waals surface area (Å²) in [6.07, 6.45) is 3.51. The molecule has 1 aromatic heterocycles. The van der Waals surface area contributed by atoms with Crippen molar-refractivity contribution >= 4 is 58.3 Å². The number of nitrogens with zero attached hydrogens (tertiary/aromatic N) is 1. The Kier molecular flexibility index (Phi) is 14.3. The molecule has 0 aliphatic rings. The number of thioether (sulfide) groups is 1. The van der Waals surface area contributed by atoms with Gasteiger partial charge in [-0.25, -0.2) is 4.79 Å². The van der Waals surface area contributed by atoms with Crippen molar-refractivity contribution in [2.45, 2.75) is 62.7 Å². The number of nitrogens with one attached hydrogen (secondary N) is 4. The maximum absolute atomic E-state index is 13.4. The van der Waals surface area contributed by atoms with Gasteiger partial charge >= 0.3 is 11.9 Å². The number of aliphatic imine (C=N–C) groups is 1. The number of aromatic nitrogens is 1. The van der Waals surface area contributed by atoms with Gasteiger partial charge in [-0.15, -0.1) is 0 Å². The number of para-hydroxylation sites is 1. The molecular weight excluding hydrogens is 580 g/mol. The Hall–Kier alpha value is -4.31. The number of nitrogens with two attached hydrogens (primary N) is 3. The third kappa shape index (κ3) is 11.8. The van der Waals surface area contributed by atoms with Crippen LogP contribution in [0.4, 0.5) is 0 Å². The predicted molar refractivity (Wildman–Crippen MR) is 163 cm³/mol. The molecule has 43 heavy (non-hydrogen) atoms. The van der Waals surface area contributed by atoms with Gasteiger partial charge in [-0.3, -0.25) is 24.2 Å². The van der Waals surface area contributed by atoms with E-state index in [1.165, 1.54) is 11.8 Å². The summed E-state index contributed by atoms with van der Waals surface area (Å²) in [5, 5.41) is 26.9. The highest BCUT2D eigenvalue weighted by molar-refractivity contribution is 7.98. The number of guanidine groups is 1. The smallest absolute Gasteiger partial charge is 0.326 e. The number of carboxylic acid groups (broad SMARTS) is 2. The van der Waals surface area contributed by atoms with Gasteiger partial charge in [-0.2, -0.15) is 11.8 Å². The minimum absolute atomic E-state index is 0.0306. The molecule has 4 atom stereocenters. The lowest BCUT2D eigenvalue weighted by Gasteiger charge is -2.25. The summed E-state index contributed by atoms with van der Waals surface area (Å²) in [4.78, 5) is 69.0. The minimum atomic E-state index is -1.49. The molecule has 12 N–H and O–H groups in total. The maximum Gasteiger partial charge on any atom is 0.326 e. The van der Waals surface area contributed by atoms with Crippen molar-refractivity contribution in [1.82, 2.24) is 20.9 Å². The average Bonchev–Trinajstić information content (AvgIpc) is 3.36. The van der Waals surface area contributed by atoms with Gasteiger partial charge in [0, 0.05) is 30.1 Å². The molecule has 0 fully saturated rings. The number of H-pyrrole nitrogens is 1. The highest BCUT2D eigenvalue weighted by Gasteiger charge is 2.30. The van der Waals surface area contributed by atoms with Crippen LogP contribution in [0.3, 0.4) is 0 Å². The van der Waals surface area contributed by atoms with Gasteiger partial charge in [0.15, 0.2) is 5.96 Å². The van der Waals surface area contributed by atoms with Crippen LogP contribution >= 0.6 is 11.8 Å². The number of carbonyl (C=O) groups excluding carboxylic acids is 3. The molecule has 3 amide bonds. The molecule has 0 spiro atoms. The molecule has 2 rings (SSSR count). The number of fused-ring (bicyclic) bond motifs is 1. The number of aliphatic carboxylic acids is 2. The van der Waals surface area contributed by atoms with Gasteiger partial charge in [0.05, 0.1) is 6.04 Å². The van der Waals surface area contributed by atoms with Crippen molar-refractivity contribution in [3.63, 3.8) is 0 Å². The lowest BCUT2D eigenvalue weighted by atomic mass is 10.0. The first kappa shape index (κ1) is 34.9. The quantitative estimate of drug-likeness (QED) is 0.0535. The molecule has 0 saturated carbocycles. The number of benzene rings is 1. The number of hydrogen-bond acceptors (Lipinski definition) is 8. The van der Waals surface area contributed by atoms with Crippen LogP contribution < -0.4 is 33.2 Å². The zero-order valence-electron chi connectivity index (χ0n) is 23.9. The first-order valence-electron chi connectivity index (χ1n) is 13.6. The second-order valence-corrected chi connectivity index (χ2v) is 10.8. The van der Waals surface area contributed by atoms with E-state index in [0.717, 1.165) is 16.5 Å². The van der Waals surface area contributed by atoms with Crippen LogP contribution in [0, 0.1) is 0 Å². The topological polar surface area (TPSA) is 268 Å². The summed E-state index contributed by atoms with van der Waals surface area (Å²) in [6.45, 7) is 0.138. The number of carboxylic acids is 2. The fourth-order valence-electron chi connectivity index (χ4n) is 4.26. The van der Waals surface area contributed by atoms with Crippen molar-refractivity contribution < 1.29 is 34.2 Å². The number of aromatic amines is 1. The zero-order chi connectivity index (χ0) is 31.9. The fourth-order valence-corrected chi connectivity index (χ4v) is 4.73. The highest BCUT2D eigenvalue weighted by atomic mass is 32.2. The van der Waals surface area contributed by atoms with Crippen LogP contribution in [0.2, 0.25) is 0 Å². The summed E-state index contributed by atoms with van der Waals surface area (Å²) in [5.41, 5.74) is 18.6. The van der Waals surface area contributed by atoms with E-state index in [4.69, 9.17) is 22.3 Å². The Labute approximate surface area is 252 Å². The Morgan fingerprint density at radius 2 is 1.56 bits per heavy atom. The molecule has 4 unspecified atom stereocenters. The van der Waals surface area contributed by atoms with Gasteiger partial charge in [-0.1, -0.05) is 18.2 Å². The molecule has 0 saturated heterocycles. The van der Waals surface area contributed by atoms with E-state index in [2.05, 4.69) is 25.9 Å². The molecule has 0 bridgehead atoms. The first-order chi connectivity index (χ1) is 20.4.